The van der Waals surface area contributed by atoms with E-state index in [1.807, 2.05) is 30.3 Å². The van der Waals surface area contributed by atoms with Crippen molar-refractivity contribution in [2.24, 2.45) is 0 Å². The van der Waals surface area contributed by atoms with Gasteiger partial charge in [-0.1, -0.05) is 42.5 Å². The van der Waals surface area contributed by atoms with Crippen molar-refractivity contribution in [3.63, 3.8) is 0 Å². The number of carbonyl (C=O) groups excluding carboxylic acids is 2. The fourth-order valence-electron chi connectivity index (χ4n) is 2.80. The van der Waals surface area contributed by atoms with Crippen molar-refractivity contribution < 1.29 is 23.9 Å². The Hall–Kier alpha value is -3.22. The number of hydrogen-bond donors (Lipinski definition) is 3. The lowest BCUT2D eigenvalue weighted by Crippen LogP contribution is -2.52. The Kier molecular flexibility index (Phi) is 7.68. The summed E-state index contributed by atoms with van der Waals surface area (Å²) in [5.41, 5.74) is 1.61. The third-order valence-electron chi connectivity index (χ3n) is 4.23. The number of aryl methyl sites for hydroxylation is 1. The Balaban J connectivity index is 2.04. The fraction of sp³-hybridized carbons (Fsp3) is 0.286. The van der Waals surface area contributed by atoms with E-state index >= 15 is 0 Å². The summed E-state index contributed by atoms with van der Waals surface area (Å²) in [5, 5.41) is 14.5. The lowest BCUT2D eigenvalue weighted by molar-refractivity contribution is -0.142. The van der Waals surface area contributed by atoms with Crippen LogP contribution >= 0.6 is 0 Å². The Morgan fingerprint density at radius 1 is 0.929 bits per heavy atom. The van der Waals surface area contributed by atoms with E-state index in [2.05, 4.69) is 10.6 Å². The molecule has 2 rings (SSSR count). The Morgan fingerprint density at radius 3 is 2.14 bits per heavy atom. The summed E-state index contributed by atoms with van der Waals surface area (Å²) in [4.78, 5) is 35.6. The van der Waals surface area contributed by atoms with Crippen molar-refractivity contribution in [1.29, 1.82) is 0 Å². The van der Waals surface area contributed by atoms with Crippen LogP contribution in [-0.4, -0.2) is 35.0 Å². The van der Waals surface area contributed by atoms with E-state index in [1.54, 1.807) is 0 Å². The van der Waals surface area contributed by atoms with Gasteiger partial charge in [0.1, 0.15) is 17.9 Å². The number of hydrogen-bond acceptors (Lipinski definition) is 3. The Morgan fingerprint density at radius 2 is 1.57 bits per heavy atom. The van der Waals surface area contributed by atoms with E-state index in [1.165, 1.54) is 31.2 Å². The van der Waals surface area contributed by atoms with Gasteiger partial charge in [0.25, 0.3) is 0 Å². The van der Waals surface area contributed by atoms with E-state index < -0.39 is 35.7 Å². The molecule has 28 heavy (non-hydrogen) atoms. The van der Waals surface area contributed by atoms with Crippen LogP contribution in [0.4, 0.5) is 4.39 Å². The third-order valence-corrected chi connectivity index (χ3v) is 4.23. The van der Waals surface area contributed by atoms with Crippen LogP contribution in [0.5, 0.6) is 0 Å². The van der Waals surface area contributed by atoms with Gasteiger partial charge in [-0.3, -0.25) is 9.59 Å². The molecule has 3 N–H and O–H groups in total. The van der Waals surface area contributed by atoms with Gasteiger partial charge < -0.3 is 15.7 Å². The lowest BCUT2D eigenvalue weighted by Gasteiger charge is -2.21. The SMILES string of the molecule is CC(=O)N[C@@H](Cc1ccc(F)cc1)C(=O)N[C@@H](CCc1ccccc1)C(=O)O. The maximum Gasteiger partial charge on any atom is 0.326 e. The highest BCUT2D eigenvalue weighted by molar-refractivity contribution is 5.90. The normalized spacial score (nSPS) is 12.6. The highest BCUT2D eigenvalue weighted by Gasteiger charge is 2.26. The van der Waals surface area contributed by atoms with Gasteiger partial charge in [-0.2, -0.15) is 0 Å². The summed E-state index contributed by atoms with van der Waals surface area (Å²) in [6.07, 6.45) is 0.825. The van der Waals surface area contributed by atoms with Gasteiger partial charge in [-0.25, -0.2) is 9.18 Å². The van der Waals surface area contributed by atoms with Crippen LogP contribution in [0.2, 0.25) is 0 Å². The number of nitrogens with one attached hydrogen (secondary N) is 2. The van der Waals surface area contributed by atoms with Crippen molar-refractivity contribution in [1.82, 2.24) is 10.6 Å². The van der Waals surface area contributed by atoms with E-state index in [0.29, 0.717) is 12.0 Å². The molecular formula is C21H23FN2O4. The molecule has 7 heteroatoms. The van der Waals surface area contributed by atoms with Crippen LogP contribution in [0.1, 0.15) is 24.5 Å². The zero-order valence-electron chi connectivity index (χ0n) is 15.5. The van der Waals surface area contributed by atoms with Gasteiger partial charge in [0, 0.05) is 13.3 Å². The monoisotopic (exact) mass is 386 g/mol. The molecular weight excluding hydrogens is 363 g/mol. The van der Waals surface area contributed by atoms with E-state index in [0.717, 1.165) is 5.56 Å². The molecule has 2 amide bonds. The second-order valence-electron chi connectivity index (χ2n) is 6.51. The Bertz CT molecular complexity index is 809. The molecule has 0 saturated carbocycles. The maximum atomic E-state index is 13.1. The molecule has 0 spiro atoms. The molecule has 148 valence electrons. The van der Waals surface area contributed by atoms with Crippen LogP contribution in [0, 0.1) is 5.82 Å². The molecule has 2 aromatic rings. The van der Waals surface area contributed by atoms with Crippen molar-refractivity contribution >= 4 is 17.8 Å². The van der Waals surface area contributed by atoms with Crippen molar-refractivity contribution in [2.75, 3.05) is 0 Å². The molecule has 0 heterocycles. The molecule has 2 atom stereocenters. The average Bonchev–Trinajstić information content (AvgIpc) is 2.66. The minimum Gasteiger partial charge on any atom is -0.480 e. The smallest absolute Gasteiger partial charge is 0.326 e. The maximum absolute atomic E-state index is 13.1. The second-order valence-corrected chi connectivity index (χ2v) is 6.51. The molecule has 0 bridgehead atoms. The van der Waals surface area contributed by atoms with Gasteiger partial charge >= 0.3 is 5.97 Å². The molecule has 0 unspecified atom stereocenters. The van der Waals surface area contributed by atoms with Crippen molar-refractivity contribution in [3.05, 3.63) is 71.5 Å². The first-order chi connectivity index (χ1) is 13.3. The molecule has 2 aromatic carbocycles. The summed E-state index contributed by atoms with van der Waals surface area (Å²) >= 11 is 0. The fourth-order valence-corrected chi connectivity index (χ4v) is 2.80. The largest absolute Gasteiger partial charge is 0.480 e. The third kappa shape index (κ3) is 6.83. The van der Waals surface area contributed by atoms with Crippen LogP contribution in [0.15, 0.2) is 54.6 Å². The van der Waals surface area contributed by atoms with Gasteiger partial charge in [0.15, 0.2) is 0 Å². The average molecular weight is 386 g/mol. The first kappa shape index (κ1) is 21.1. The van der Waals surface area contributed by atoms with Gasteiger partial charge in [0.2, 0.25) is 11.8 Å². The number of rotatable bonds is 9. The van der Waals surface area contributed by atoms with Gasteiger partial charge in [-0.05, 0) is 36.1 Å². The molecule has 0 aliphatic rings. The summed E-state index contributed by atoms with van der Waals surface area (Å²) in [6.45, 7) is 1.27. The molecule has 0 aromatic heterocycles. The number of halogens is 1. The molecule has 0 saturated heterocycles. The first-order valence-electron chi connectivity index (χ1n) is 8.94. The molecule has 0 aliphatic heterocycles. The minimum atomic E-state index is -1.15. The highest BCUT2D eigenvalue weighted by Crippen LogP contribution is 2.09. The lowest BCUT2D eigenvalue weighted by atomic mass is 10.0. The van der Waals surface area contributed by atoms with Crippen LogP contribution in [0.3, 0.4) is 0 Å². The minimum absolute atomic E-state index is 0.122. The quantitative estimate of drug-likeness (QED) is 0.615. The number of carboxylic acid groups (broad SMARTS) is 1. The van der Waals surface area contributed by atoms with Gasteiger partial charge in [0.05, 0.1) is 0 Å². The van der Waals surface area contributed by atoms with Gasteiger partial charge in [-0.15, -0.1) is 0 Å². The number of aliphatic carboxylic acids is 1. The number of carboxylic acids is 1. The molecule has 0 radical (unpaired) electrons. The topological polar surface area (TPSA) is 95.5 Å². The standard InChI is InChI=1S/C21H23FN2O4/c1-14(25)23-19(13-16-7-10-17(22)11-8-16)20(26)24-18(21(27)28)12-9-15-5-3-2-4-6-15/h2-8,10-11,18-19H,9,12-13H2,1H3,(H,23,25)(H,24,26)(H,27,28)/t18-,19-/m0/s1. The summed E-state index contributed by atoms with van der Waals surface area (Å²) in [6, 6.07) is 12.9. The van der Waals surface area contributed by atoms with Crippen LogP contribution < -0.4 is 10.6 Å². The number of carbonyl (C=O) groups is 3. The predicted octanol–water partition coefficient (Wildman–Crippen LogP) is 2.08. The van der Waals surface area contributed by atoms with E-state index in [9.17, 15) is 23.9 Å². The van der Waals surface area contributed by atoms with Crippen LogP contribution in [0.25, 0.3) is 0 Å². The predicted molar refractivity (Wildman–Crippen MR) is 102 cm³/mol. The summed E-state index contributed by atoms with van der Waals surface area (Å²) in [7, 11) is 0. The van der Waals surface area contributed by atoms with Crippen molar-refractivity contribution in [2.45, 2.75) is 38.3 Å². The van der Waals surface area contributed by atoms with Crippen LogP contribution in [-0.2, 0) is 27.2 Å². The van der Waals surface area contributed by atoms with Crippen molar-refractivity contribution in [3.8, 4) is 0 Å². The Labute approximate surface area is 162 Å². The molecule has 0 aliphatic carbocycles. The first-order valence-corrected chi connectivity index (χ1v) is 8.94. The summed E-state index contributed by atoms with van der Waals surface area (Å²) in [5.74, 6) is -2.57. The van der Waals surface area contributed by atoms with E-state index in [-0.39, 0.29) is 12.8 Å². The highest BCUT2D eigenvalue weighted by atomic mass is 19.1. The zero-order chi connectivity index (χ0) is 20.5. The number of benzene rings is 2. The second kappa shape index (κ2) is 10.2. The zero-order valence-corrected chi connectivity index (χ0v) is 15.5. The van der Waals surface area contributed by atoms with E-state index in [4.69, 9.17) is 0 Å². The number of amides is 2. The molecule has 6 nitrogen and oxygen atoms in total. The molecule has 0 fully saturated rings. The summed E-state index contributed by atoms with van der Waals surface area (Å²) < 4.78 is 13.1.